The molecule has 0 heterocycles. The van der Waals surface area contributed by atoms with Crippen molar-refractivity contribution < 1.29 is 4.74 Å². The summed E-state index contributed by atoms with van der Waals surface area (Å²) in [7, 11) is 2.05. The summed E-state index contributed by atoms with van der Waals surface area (Å²) in [5.74, 6) is 2.40. The van der Waals surface area contributed by atoms with Crippen molar-refractivity contribution >= 4 is 0 Å². The van der Waals surface area contributed by atoms with Crippen molar-refractivity contribution in [3.8, 4) is 5.75 Å². The van der Waals surface area contributed by atoms with Gasteiger partial charge in [0.1, 0.15) is 11.9 Å². The molecule has 112 valence electrons. The molecule has 1 aromatic carbocycles. The number of aryl methyl sites for hydroxylation is 1. The molecule has 1 aliphatic rings. The highest BCUT2D eigenvalue weighted by molar-refractivity contribution is 5.27. The standard InChI is InChI=1S/C18H29NO/c1-5-6-15-7-9-16(10-8-15)20-18-14(3)11-13(2)12-17(18)19-4/h7-10,13-14,17-19H,5-6,11-12H2,1-4H3. The lowest BCUT2D eigenvalue weighted by molar-refractivity contribution is 0.0507. The monoisotopic (exact) mass is 275 g/mol. The van der Waals surface area contributed by atoms with E-state index in [-0.39, 0.29) is 6.10 Å². The quantitative estimate of drug-likeness (QED) is 0.875. The maximum Gasteiger partial charge on any atom is 0.119 e. The molecule has 0 amide bonds. The number of ether oxygens (including phenoxy) is 1. The first-order valence-electron chi connectivity index (χ1n) is 8.06. The van der Waals surface area contributed by atoms with Gasteiger partial charge in [0.15, 0.2) is 0 Å². The fourth-order valence-corrected chi connectivity index (χ4v) is 3.49. The van der Waals surface area contributed by atoms with Crippen LogP contribution in [0.3, 0.4) is 0 Å². The third-order valence-corrected chi connectivity index (χ3v) is 4.49. The van der Waals surface area contributed by atoms with Gasteiger partial charge in [0.05, 0.1) is 0 Å². The molecule has 1 fully saturated rings. The van der Waals surface area contributed by atoms with Crippen molar-refractivity contribution in [2.45, 2.75) is 58.6 Å². The number of benzene rings is 1. The Labute approximate surface area is 123 Å². The molecule has 4 unspecified atom stereocenters. The van der Waals surface area contributed by atoms with E-state index in [4.69, 9.17) is 4.74 Å². The van der Waals surface area contributed by atoms with Crippen LogP contribution in [-0.4, -0.2) is 19.2 Å². The van der Waals surface area contributed by atoms with Crippen LogP contribution < -0.4 is 10.1 Å². The fourth-order valence-electron chi connectivity index (χ4n) is 3.49. The maximum absolute atomic E-state index is 6.29. The van der Waals surface area contributed by atoms with Gasteiger partial charge in [0.25, 0.3) is 0 Å². The molecule has 0 bridgehead atoms. The number of likely N-dealkylation sites (N-methyl/N-ethyl adjacent to an activating group) is 1. The maximum atomic E-state index is 6.29. The molecule has 0 saturated heterocycles. The van der Waals surface area contributed by atoms with E-state index in [1.807, 2.05) is 0 Å². The second-order valence-electron chi connectivity index (χ2n) is 6.43. The van der Waals surface area contributed by atoms with E-state index >= 15 is 0 Å². The lowest BCUT2D eigenvalue weighted by Crippen LogP contribution is -2.49. The van der Waals surface area contributed by atoms with Gasteiger partial charge in [-0.3, -0.25) is 0 Å². The van der Waals surface area contributed by atoms with Crippen LogP contribution in [0, 0.1) is 11.8 Å². The van der Waals surface area contributed by atoms with Crippen LogP contribution >= 0.6 is 0 Å². The highest BCUT2D eigenvalue weighted by atomic mass is 16.5. The molecule has 1 N–H and O–H groups in total. The van der Waals surface area contributed by atoms with Crippen molar-refractivity contribution in [1.82, 2.24) is 5.32 Å². The highest BCUT2D eigenvalue weighted by Gasteiger charge is 2.34. The summed E-state index contributed by atoms with van der Waals surface area (Å²) in [6.07, 6.45) is 5.10. The zero-order valence-electron chi connectivity index (χ0n) is 13.4. The number of rotatable bonds is 5. The van der Waals surface area contributed by atoms with Gasteiger partial charge in [0.2, 0.25) is 0 Å². The largest absolute Gasteiger partial charge is 0.489 e. The molecule has 0 spiro atoms. The zero-order chi connectivity index (χ0) is 14.5. The summed E-state index contributed by atoms with van der Waals surface area (Å²) < 4.78 is 6.29. The molecule has 2 rings (SSSR count). The van der Waals surface area contributed by atoms with Crippen LogP contribution in [0.2, 0.25) is 0 Å². The molecular weight excluding hydrogens is 246 g/mol. The van der Waals surface area contributed by atoms with Gasteiger partial charge in [-0.25, -0.2) is 0 Å². The third kappa shape index (κ3) is 3.76. The minimum atomic E-state index is 0.285. The Bertz CT molecular complexity index is 400. The molecule has 20 heavy (non-hydrogen) atoms. The van der Waals surface area contributed by atoms with Crippen LogP contribution in [-0.2, 0) is 6.42 Å². The molecular formula is C18H29NO. The van der Waals surface area contributed by atoms with Crippen molar-refractivity contribution in [2.24, 2.45) is 11.8 Å². The average molecular weight is 275 g/mol. The molecule has 4 atom stereocenters. The fraction of sp³-hybridized carbons (Fsp3) is 0.667. The van der Waals surface area contributed by atoms with E-state index < -0.39 is 0 Å². The van der Waals surface area contributed by atoms with E-state index in [1.54, 1.807) is 0 Å². The summed E-state index contributed by atoms with van der Waals surface area (Å²) in [4.78, 5) is 0. The molecule has 1 aromatic rings. The third-order valence-electron chi connectivity index (χ3n) is 4.49. The Hall–Kier alpha value is -1.02. The van der Waals surface area contributed by atoms with Gasteiger partial charge >= 0.3 is 0 Å². The lowest BCUT2D eigenvalue weighted by atomic mass is 9.78. The topological polar surface area (TPSA) is 21.3 Å². The summed E-state index contributed by atoms with van der Waals surface area (Å²) in [6.45, 7) is 6.87. The molecule has 0 aliphatic heterocycles. The van der Waals surface area contributed by atoms with Gasteiger partial charge in [-0.2, -0.15) is 0 Å². The summed E-state index contributed by atoms with van der Waals surface area (Å²) in [5.41, 5.74) is 1.40. The molecule has 1 aliphatic carbocycles. The van der Waals surface area contributed by atoms with Crippen LogP contribution in [0.5, 0.6) is 5.75 Å². The number of nitrogens with one attached hydrogen (secondary N) is 1. The second-order valence-corrected chi connectivity index (χ2v) is 6.43. The highest BCUT2D eigenvalue weighted by Crippen LogP contribution is 2.32. The van der Waals surface area contributed by atoms with Gasteiger partial charge in [0, 0.05) is 6.04 Å². The first-order chi connectivity index (χ1) is 9.63. The van der Waals surface area contributed by atoms with Crippen LogP contribution in [0.1, 0.15) is 45.6 Å². The smallest absolute Gasteiger partial charge is 0.119 e. The predicted octanol–water partition coefficient (Wildman–Crippen LogP) is 4.04. The Balaban J connectivity index is 2.03. The Morgan fingerprint density at radius 3 is 2.45 bits per heavy atom. The summed E-state index contributed by atoms with van der Waals surface area (Å²) in [6, 6.07) is 9.11. The van der Waals surface area contributed by atoms with E-state index in [0.717, 1.165) is 18.1 Å². The first kappa shape index (κ1) is 15.4. The van der Waals surface area contributed by atoms with Crippen LogP contribution in [0.15, 0.2) is 24.3 Å². The Kier molecular flexibility index (Phi) is 5.47. The van der Waals surface area contributed by atoms with E-state index in [2.05, 4.69) is 57.4 Å². The van der Waals surface area contributed by atoms with Crippen molar-refractivity contribution in [2.75, 3.05) is 7.05 Å². The molecule has 2 nitrogen and oxygen atoms in total. The normalized spacial score (nSPS) is 30.2. The number of hydrogen-bond donors (Lipinski definition) is 1. The van der Waals surface area contributed by atoms with E-state index in [0.29, 0.717) is 12.0 Å². The molecule has 1 saturated carbocycles. The predicted molar refractivity (Wildman–Crippen MR) is 85.3 cm³/mol. The van der Waals surface area contributed by atoms with Gasteiger partial charge in [-0.05, 0) is 55.8 Å². The SMILES string of the molecule is CCCc1ccc(OC2C(C)CC(C)CC2NC)cc1. The minimum absolute atomic E-state index is 0.285. The summed E-state index contributed by atoms with van der Waals surface area (Å²) >= 11 is 0. The average Bonchev–Trinajstić information content (AvgIpc) is 2.43. The zero-order valence-corrected chi connectivity index (χ0v) is 13.4. The second kappa shape index (κ2) is 7.12. The van der Waals surface area contributed by atoms with Crippen LogP contribution in [0.25, 0.3) is 0 Å². The van der Waals surface area contributed by atoms with E-state index in [1.165, 1.54) is 24.8 Å². The Morgan fingerprint density at radius 2 is 1.85 bits per heavy atom. The van der Waals surface area contributed by atoms with Crippen molar-refractivity contribution in [3.63, 3.8) is 0 Å². The lowest BCUT2D eigenvalue weighted by Gasteiger charge is -2.39. The first-order valence-corrected chi connectivity index (χ1v) is 8.06. The Morgan fingerprint density at radius 1 is 1.15 bits per heavy atom. The molecule has 0 radical (unpaired) electrons. The minimum Gasteiger partial charge on any atom is -0.489 e. The van der Waals surface area contributed by atoms with Gasteiger partial charge in [-0.15, -0.1) is 0 Å². The van der Waals surface area contributed by atoms with Crippen molar-refractivity contribution in [3.05, 3.63) is 29.8 Å². The number of hydrogen-bond acceptors (Lipinski definition) is 2. The van der Waals surface area contributed by atoms with Crippen LogP contribution in [0.4, 0.5) is 0 Å². The van der Waals surface area contributed by atoms with Gasteiger partial charge < -0.3 is 10.1 Å². The molecule has 2 heteroatoms. The van der Waals surface area contributed by atoms with Crippen molar-refractivity contribution in [1.29, 1.82) is 0 Å². The summed E-state index contributed by atoms with van der Waals surface area (Å²) in [5, 5.41) is 3.44. The van der Waals surface area contributed by atoms with Gasteiger partial charge in [-0.1, -0.05) is 39.3 Å². The van der Waals surface area contributed by atoms with E-state index in [9.17, 15) is 0 Å². The molecule has 0 aromatic heterocycles.